The number of halogens is 4. The van der Waals surface area contributed by atoms with E-state index in [0.717, 1.165) is 76.0 Å². The molecule has 3 unspecified atom stereocenters. The lowest BCUT2D eigenvalue weighted by atomic mass is 9.56. The van der Waals surface area contributed by atoms with E-state index in [0.29, 0.717) is 28.6 Å². The Labute approximate surface area is 397 Å². The molecule has 3 aliphatic rings. The van der Waals surface area contributed by atoms with Gasteiger partial charge in [-0.05, 0) is 205 Å². The average Bonchev–Trinajstić information content (AvgIpc) is 3.54. The molecule has 1 heterocycles. The molecule has 1 aromatic heterocycles. The van der Waals surface area contributed by atoms with E-state index in [1.807, 2.05) is 30.3 Å². The Morgan fingerprint density at radius 2 is 1.35 bits per heavy atom. The molecule has 5 aromatic rings. The number of nitrogens with zero attached hydrogens (tertiary/aromatic N) is 2. The fourth-order valence-electron chi connectivity index (χ4n) is 10.2. The second kappa shape index (κ2) is 17.8. The maximum atomic E-state index is 7.79. The third kappa shape index (κ3) is 8.27. The van der Waals surface area contributed by atoms with E-state index in [4.69, 9.17) is 42.1 Å². The summed E-state index contributed by atoms with van der Waals surface area (Å²) >= 11 is 22.0. The largest absolute Gasteiger partial charge is 0.542 e. The van der Waals surface area contributed by atoms with Crippen molar-refractivity contribution in [2.24, 2.45) is 10.4 Å². The Morgan fingerprint density at radius 3 is 1.94 bits per heavy atom. The molecule has 0 aliphatic heterocycles. The van der Waals surface area contributed by atoms with Gasteiger partial charge in [-0.15, -0.1) is 0 Å². The maximum absolute atomic E-state index is 7.79. The molecule has 3 atom stereocenters. The predicted octanol–water partition coefficient (Wildman–Crippen LogP) is 16.2. The first kappa shape index (κ1) is 45.6. The Bertz CT molecular complexity index is 2520. The predicted molar refractivity (Wildman–Crippen MR) is 269 cm³/mol. The van der Waals surface area contributed by atoms with Crippen LogP contribution in [0.5, 0.6) is 17.2 Å². The second-order valence-electron chi connectivity index (χ2n) is 19.4. The smallest absolute Gasteiger partial charge is 0.250 e. The van der Waals surface area contributed by atoms with Crippen LogP contribution in [0.25, 0.3) is 11.1 Å². The summed E-state index contributed by atoms with van der Waals surface area (Å²) in [5.41, 5.74) is 12.6. The zero-order valence-electron chi connectivity index (χ0n) is 37.7. The van der Waals surface area contributed by atoms with E-state index < -0.39 is 13.7 Å². The van der Waals surface area contributed by atoms with Crippen molar-refractivity contribution in [3.8, 4) is 28.4 Å². The van der Waals surface area contributed by atoms with Crippen LogP contribution in [0.4, 0.5) is 5.69 Å². The first-order valence-electron chi connectivity index (χ1n) is 22.3. The molecule has 8 rings (SSSR count). The standard InChI is InChI=1S/C52H60Br2Cl2N2O3Si/c1-31-25-26-32(2)58(31)50-44(30-52(50,29-36-19-12-15-24-43(36)59-7)33(3)57-47-41(55)22-16-23-42(47)56)60-48-39(53)27-34-17-10-13-20-37(34)45(48)46-38-21-14-11-18-35(38)28-40(54)49(46)61-62(8,9)51(4,5)6/h12,15-16,19,22-28,44,50H,10-11,13-14,17-18,20-21,29-30H2,1-9H3. The monoisotopic (exact) mass is 1020 g/mol. The minimum atomic E-state index is -2.29. The van der Waals surface area contributed by atoms with Crippen molar-refractivity contribution in [3.05, 3.63) is 125 Å². The lowest BCUT2D eigenvalue weighted by Crippen LogP contribution is -2.60. The molecule has 0 bridgehead atoms. The third-order valence-electron chi connectivity index (χ3n) is 14.5. The summed E-state index contributed by atoms with van der Waals surface area (Å²) in [7, 11) is -0.537. The minimum Gasteiger partial charge on any atom is -0.542 e. The maximum Gasteiger partial charge on any atom is 0.250 e. The number of rotatable bonds is 11. The van der Waals surface area contributed by atoms with E-state index in [-0.39, 0.29) is 17.2 Å². The SMILES string of the molecule is COc1ccccc1CC1(C(C)=Nc2c(Cl)cccc2Cl)CC(Oc2c(Br)cc3c(c2-c2c4c(cc(Br)c2O[Si](C)(C)C(C)(C)C)CCCC4)CCCC3)C1n1c(C)ccc1C. The second-order valence-corrected chi connectivity index (χ2v) is 26.6. The van der Waals surface area contributed by atoms with E-state index in [1.54, 1.807) is 7.11 Å². The van der Waals surface area contributed by atoms with Gasteiger partial charge in [0.1, 0.15) is 29.0 Å². The van der Waals surface area contributed by atoms with Gasteiger partial charge in [-0.2, -0.15) is 0 Å². The molecule has 5 nitrogen and oxygen atoms in total. The Balaban J connectivity index is 1.36. The van der Waals surface area contributed by atoms with E-state index >= 15 is 0 Å². The van der Waals surface area contributed by atoms with Gasteiger partial charge in [0.2, 0.25) is 0 Å². The first-order valence-corrected chi connectivity index (χ1v) is 27.5. The molecule has 62 heavy (non-hydrogen) atoms. The van der Waals surface area contributed by atoms with Crippen molar-refractivity contribution >= 4 is 74.8 Å². The summed E-state index contributed by atoms with van der Waals surface area (Å²) in [6.45, 7) is 18.2. The summed E-state index contributed by atoms with van der Waals surface area (Å²) < 4.78 is 25.8. The average molecular weight is 1020 g/mol. The van der Waals surface area contributed by atoms with E-state index in [2.05, 4.69) is 127 Å². The summed E-state index contributed by atoms with van der Waals surface area (Å²) in [6, 6.07) is 22.9. The summed E-state index contributed by atoms with van der Waals surface area (Å²) in [5.74, 6) is 2.73. The lowest BCUT2D eigenvalue weighted by Gasteiger charge is -2.56. The molecule has 1 fully saturated rings. The van der Waals surface area contributed by atoms with Crippen molar-refractivity contribution in [1.82, 2.24) is 4.57 Å². The van der Waals surface area contributed by atoms with Crippen LogP contribution < -0.4 is 13.9 Å². The molecule has 0 N–H and O–H groups in total. The van der Waals surface area contributed by atoms with Gasteiger partial charge in [-0.1, -0.05) is 68.2 Å². The van der Waals surface area contributed by atoms with Crippen LogP contribution in [-0.4, -0.2) is 31.8 Å². The molecule has 0 radical (unpaired) electrons. The quantitative estimate of drug-likeness (QED) is 0.0978. The fraction of sp³-hybridized carbons (Fsp3) is 0.442. The van der Waals surface area contributed by atoms with Crippen molar-refractivity contribution in [3.63, 3.8) is 0 Å². The molecule has 0 amide bonds. The Hall–Kier alpha value is -3.01. The highest BCUT2D eigenvalue weighted by Gasteiger charge is 2.59. The highest BCUT2D eigenvalue weighted by atomic mass is 79.9. The molecule has 10 heteroatoms. The molecule has 4 aromatic carbocycles. The molecule has 1 saturated carbocycles. The van der Waals surface area contributed by atoms with Crippen molar-refractivity contribution < 1.29 is 13.9 Å². The summed E-state index contributed by atoms with van der Waals surface area (Å²) in [6.07, 6.45) is 9.96. The Kier molecular flexibility index (Phi) is 13.0. The zero-order valence-corrected chi connectivity index (χ0v) is 43.4. The van der Waals surface area contributed by atoms with Crippen LogP contribution in [0.2, 0.25) is 28.2 Å². The van der Waals surface area contributed by atoms with Crippen LogP contribution in [0.3, 0.4) is 0 Å². The normalized spacial score (nSPS) is 20.3. The number of hydrogen-bond acceptors (Lipinski definition) is 4. The number of benzene rings is 4. The molecular formula is C52H60Br2Cl2N2O3Si. The van der Waals surface area contributed by atoms with Gasteiger partial charge in [-0.25, -0.2) is 0 Å². The molecule has 3 aliphatic carbocycles. The number of aromatic nitrogens is 1. The van der Waals surface area contributed by atoms with Crippen LogP contribution in [0, 0.1) is 19.3 Å². The number of methoxy groups -OCH3 is 1. The van der Waals surface area contributed by atoms with E-state index in [1.165, 1.54) is 57.6 Å². The number of aliphatic imine (C=N–C) groups is 1. The minimum absolute atomic E-state index is 0.0136. The number of aryl methyl sites for hydroxylation is 4. The number of hydrogen-bond donors (Lipinski definition) is 0. The topological polar surface area (TPSA) is 45.0 Å². The summed E-state index contributed by atoms with van der Waals surface area (Å²) in [4.78, 5) is 5.34. The number of para-hydroxylation sites is 2. The highest BCUT2D eigenvalue weighted by Crippen LogP contribution is 2.60. The van der Waals surface area contributed by atoms with Gasteiger partial charge < -0.3 is 18.5 Å². The van der Waals surface area contributed by atoms with Crippen LogP contribution in [-0.2, 0) is 32.1 Å². The van der Waals surface area contributed by atoms with Gasteiger partial charge in [0, 0.05) is 33.6 Å². The number of fused-ring (bicyclic) bond motifs is 2. The number of ether oxygens (including phenoxy) is 2. The highest BCUT2D eigenvalue weighted by molar-refractivity contribution is 9.11. The van der Waals surface area contributed by atoms with Crippen LogP contribution in [0.1, 0.15) is 105 Å². The lowest BCUT2D eigenvalue weighted by molar-refractivity contribution is -0.0421. The molecule has 328 valence electrons. The van der Waals surface area contributed by atoms with Gasteiger partial charge in [0.15, 0.2) is 0 Å². The van der Waals surface area contributed by atoms with E-state index in [9.17, 15) is 0 Å². The van der Waals surface area contributed by atoms with Gasteiger partial charge in [-0.3, -0.25) is 4.99 Å². The first-order chi connectivity index (χ1) is 29.5. The van der Waals surface area contributed by atoms with Crippen molar-refractivity contribution in [1.29, 1.82) is 0 Å². The van der Waals surface area contributed by atoms with Crippen molar-refractivity contribution in [2.45, 2.75) is 136 Å². The van der Waals surface area contributed by atoms with Crippen molar-refractivity contribution in [2.75, 3.05) is 7.11 Å². The molecule has 0 spiro atoms. The third-order valence-corrected chi connectivity index (χ3v) is 20.6. The van der Waals surface area contributed by atoms with Gasteiger partial charge in [0.05, 0.1) is 32.1 Å². The van der Waals surface area contributed by atoms with Crippen LogP contribution >= 0.6 is 55.1 Å². The van der Waals surface area contributed by atoms with Gasteiger partial charge >= 0.3 is 0 Å². The summed E-state index contributed by atoms with van der Waals surface area (Å²) in [5, 5.41) is 1.06. The zero-order chi connectivity index (χ0) is 44.3. The van der Waals surface area contributed by atoms with Crippen LogP contribution in [0.15, 0.2) is 80.7 Å². The molecular weight excluding hydrogens is 959 g/mol. The molecule has 0 saturated heterocycles. The Morgan fingerprint density at radius 1 is 0.806 bits per heavy atom. The van der Waals surface area contributed by atoms with Gasteiger partial charge in [0.25, 0.3) is 8.32 Å². The fourth-order valence-corrected chi connectivity index (χ4v) is 12.9.